The minimum Gasteiger partial charge on any atom is -0.456 e. The Morgan fingerprint density at radius 3 is 1.98 bits per heavy atom. The summed E-state index contributed by atoms with van der Waals surface area (Å²) in [5.74, 6) is 0.603. The SMILES string of the molecule is c1ccc(N(c2ccc(-c3cccc4oc5ccccc5c34)cc2)c2ccc3ccccc3c2)c(-c2cccc3cccc(C4CCCCC4)c23)c1. The molecule has 2 nitrogen and oxygen atoms in total. The third-order valence-corrected chi connectivity index (χ3v) is 11.2. The zero-order chi connectivity index (χ0) is 34.4. The van der Waals surface area contributed by atoms with Crippen LogP contribution in [0, 0.1) is 0 Å². The first-order valence-corrected chi connectivity index (χ1v) is 18.7. The number of rotatable bonds is 6. The Morgan fingerprint density at radius 2 is 1.10 bits per heavy atom. The number of anilines is 3. The molecule has 0 aliphatic heterocycles. The van der Waals surface area contributed by atoms with E-state index in [1.165, 1.54) is 87.2 Å². The van der Waals surface area contributed by atoms with Gasteiger partial charge in [0.05, 0.1) is 5.69 Å². The molecule has 52 heavy (non-hydrogen) atoms. The molecular weight excluding hydrogens is 631 g/mol. The van der Waals surface area contributed by atoms with E-state index in [1.54, 1.807) is 0 Å². The molecule has 0 N–H and O–H groups in total. The fraction of sp³-hybridized carbons (Fsp3) is 0.120. The molecule has 9 aromatic rings. The molecule has 10 rings (SSSR count). The van der Waals surface area contributed by atoms with Crippen molar-refractivity contribution in [2.75, 3.05) is 4.90 Å². The van der Waals surface area contributed by atoms with Crippen LogP contribution in [0.4, 0.5) is 17.1 Å². The molecule has 1 aliphatic rings. The fourth-order valence-electron chi connectivity index (χ4n) is 8.79. The van der Waals surface area contributed by atoms with Gasteiger partial charge < -0.3 is 9.32 Å². The van der Waals surface area contributed by atoms with Crippen molar-refractivity contribution < 1.29 is 4.42 Å². The quantitative estimate of drug-likeness (QED) is 0.175. The first kappa shape index (κ1) is 30.7. The molecule has 250 valence electrons. The predicted octanol–water partition coefficient (Wildman–Crippen LogP) is 14.7. The van der Waals surface area contributed by atoms with Gasteiger partial charge in [-0.05, 0) is 105 Å². The second kappa shape index (κ2) is 12.9. The van der Waals surface area contributed by atoms with Crippen LogP contribution in [0.5, 0.6) is 0 Å². The summed E-state index contributed by atoms with van der Waals surface area (Å²) < 4.78 is 6.25. The van der Waals surface area contributed by atoms with E-state index in [0.717, 1.165) is 33.3 Å². The van der Waals surface area contributed by atoms with Gasteiger partial charge in [0.2, 0.25) is 0 Å². The van der Waals surface area contributed by atoms with Crippen LogP contribution in [0.2, 0.25) is 0 Å². The lowest BCUT2D eigenvalue weighted by molar-refractivity contribution is 0.445. The summed E-state index contributed by atoms with van der Waals surface area (Å²) in [4.78, 5) is 2.45. The first-order valence-electron chi connectivity index (χ1n) is 18.7. The van der Waals surface area contributed by atoms with Gasteiger partial charge in [-0.25, -0.2) is 0 Å². The van der Waals surface area contributed by atoms with Crippen LogP contribution < -0.4 is 4.90 Å². The predicted molar refractivity (Wildman–Crippen MR) is 220 cm³/mol. The average molecular weight is 670 g/mol. The summed E-state index contributed by atoms with van der Waals surface area (Å²) in [5, 5.41) is 7.49. The molecule has 1 fully saturated rings. The molecule has 2 heteroatoms. The monoisotopic (exact) mass is 669 g/mol. The number of nitrogens with zero attached hydrogens (tertiary/aromatic N) is 1. The molecule has 8 aromatic carbocycles. The Balaban J connectivity index is 1.16. The third kappa shape index (κ3) is 5.26. The standard InChI is InChI=1S/C50H39NO/c1-2-14-35(15-3-1)41-21-10-17-37-18-11-23-44(49(37)41)43-19-6-8-24-46(43)51(40-32-27-34-13-4-5-16-38(34)33-40)39-30-28-36(29-31-39)42-22-12-26-48-50(42)45-20-7-9-25-47(45)52-48/h4-13,16-33,35H,1-3,14-15H2. The topological polar surface area (TPSA) is 16.4 Å². The minimum atomic E-state index is 0.603. The van der Waals surface area contributed by atoms with E-state index < -0.39 is 0 Å². The van der Waals surface area contributed by atoms with Crippen molar-refractivity contribution >= 4 is 60.5 Å². The normalized spacial score (nSPS) is 13.7. The second-order valence-electron chi connectivity index (χ2n) is 14.3. The Morgan fingerprint density at radius 1 is 0.442 bits per heavy atom. The number of furan rings is 1. The zero-order valence-electron chi connectivity index (χ0n) is 29.1. The van der Waals surface area contributed by atoms with Gasteiger partial charge in [-0.2, -0.15) is 0 Å². The number of benzene rings is 8. The second-order valence-corrected chi connectivity index (χ2v) is 14.3. The number of fused-ring (bicyclic) bond motifs is 5. The molecule has 0 atom stereocenters. The van der Waals surface area contributed by atoms with Crippen molar-refractivity contribution in [1.82, 2.24) is 0 Å². The molecule has 1 heterocycles. The average Bonchev–Trinajstić information content (AvgIpc) is 3.60. The van der Waals surface area contributed by atoms with Gasteiger partial charge in [-0.1, -0.05) is 147 Å². The molecule has 1 aromatic heterocycles. The summed E-state index contributed by atoms with van der Waals surface area (Å²) in [6, 6.07) is 62.1. The van der Waals surface area contributed by atoms with Crippen molar-refractivity contribution in [2.24, 2.45) is 0 Å². The highest BCUT2D eigenvalue weighted by Crippen LogP contribution is 2.46. The maximum atomic E-state index is 6.25. The van der Waals surface area contributed by atoms with Crippen LogP contribution in [0.15, 0.2) is 174 Å². The van der Waals surface area contributed by atoms with E-state index in [2.05, 4.69) is 169 Å². The van der Waals surface area contributed by atoms with Crippen molar-refractivity contribution in [3.8, 4) is 22.3 Å². The smallest absolute Gasteiger partial charge is 0.136 e. The van der Waals surface area contributed by atoms with Crippen LogP contribution in [0.3, 0.4) is 0 Å². The highest BCUT2D eigenvalue weighted by atomic mass is 16.3. The van der Waals surface area contributed by atoms with Gasteiger partial charge in [0.15, 0.2) is 0 Å². The maximum Gasteiger partial charge on any atom is 0.136 e. The van der Waals surface area contributed by atoms with Crippen LogP contribution >= 0.6 is 0 Å². The van der Waals surface area contributed by atoms with E-state index in [1.807, 2.05) is 6.07 Å². The highest BCUT2D eigenvalue weighted by Gasteiger charge is 2.23. The summed E-state index contributed by atoms with van der Waals surface area (Å²) in [5.41, 5.74) is 11.6. The van der Waals surface area contributed by atoms with Crippen molar-refractivity contribution in [3.05, 3.63) is 175 Å². The van der Waals surface area contributed by atoms with Gasteiger partial charge in [0, 0.05) is 27.7 Å². The molecular formula is C50H39NO. The number of para-hydroxylation sites is 2. The lowest BCUT2D eigenvalue weighted by Crippen LogP contribution is -2.11. The Hall–Kier alpha value is -6.12. The summed E-state index contributed by atoms with van der Waals surface area (Å²) in [6.07, 6.45) is 6.53. The van der Waals surface area contributed by atoms with Crippen LogP contribution in [0.25, 0.3) is 65.7 Å². The highest BCUT2D eigenvalue weighted by molar-refractivity contribution is 6.12. The van der Waals surface area contributed by atoms with Crippen molar-refractivity contribution in [3.63, 3.8) is 0 Å². The van der Waals surface area contributed by atoms with E-state index in [9.17, 15) is 0 Å². The molecule has 1 saturated carbocycles. The molecule has 1 aliphatic carbocycles. The largest absolute Gasteiger partial charge is 0.456 e. The lowest BCUT2D eigenvalue weighted by Gasteiger charge is -2.29. The fourth-order valence-corrected chi connectivity index (χ4v) is 8.79. The molecule has 0 bridgehead atoms. The van der Waals surface area contributed by atoms with E-state index in [0.29, 0.717) is 5.92 Å². The summed E-state index contributed by atoms with van der Waals surface area (Å²) in [7, 11) is 0. The maximum absolute atomic E-state index is 6.25. The van der Waals surface area contributed by atoms with E-state index in [-0.39, 0.29) is 0 Å². The zero-order valence-corrected chi connectivity index (χ0v) is 29.1. The van der Waals surface area contributed by atoms with E-state index >= 15 is 0 Å². The van der Waals surface area contributed by atoms with Crippen LogP contribution in [-0.4, -0.2) is 0 Å². The Bertz CT molecular complexity index is 2720. The molecule has 0 amide bonds. The van der Waals surface area contributed by atoms with Gasteiger partial charge in [-0.3, -0.25) is 0 Å². The van der Waals surface area contributed by atoms with Crippen LogP contribution in [-0.2, 0) is 0 Å². The third-order valence-electron chi connectivity index (χ3n) is 11.2. The summed E-state index contributed by atoms with van der Waals surface area (Å²) in [6.45, 7) is 0. The van der Waals surface area contributed by atoms with Gasteiger partial charge in [0.1, 0.15) is 11.2 Å². The molecule has 0 radical (unpaired) electrons. The van der Waals surface area contributed by atoms with Gasteiger partial charge in [-0.15, -0.1) is 0 Å². The first-order chi connectivity index (χ1) is 25.8. The van der Waals surface area contributed by atoms with Crippen LogP contribution in [0.1, 0.15) is 43.6 Å². The molecule has 0 saturated heterocycles. The summed E-state index contributed by atoms with van der Waals surface area (Å²) >= 11 is 0. The molecule has 0 spiro atoms. The van der Waals surface area contributed by atoms with Gasteiger partial charge in [0.25, 0.3) is 0 Å². The molecule has 0 unspecified atom stereocenters. The lowest BCUT2D eigenvalue weighted by atomic mass is 9.80. The Kier molecular flexibility index (Phi) is 7.61. The van der Waals surface area contributed by atoms with E-state index in [4.69, 9.17) is 4.42 Å². The van der Waals surface area contributed by atoms with Gasteiger partial charge >= 0.3 is 0 Å². The Labute approximate surface area is 304 Å². The number of hydrogen-bond acceptors (Lipinski definition) is 2. The van der Waals surface area contributed by atoms with Crippen molar-refractivity contribution in [1.29, 1.82) is 0 Å². The van der Waals surface area contributed by atoms with Crippen molar-refractivity contribution in [2.45, 2.75) is 38.0 Å². The number of hydrogen-bond donors (Lipinski definition) is 0. The minimum absolute atomic E-state index is 0.603.